The SMILES string of the molecule is CCOC(=O)C(N)c1cn(CC)c2ccc(F)cc12. The largest absolute Gasteiger partial charge is 0.465 e. The number of benzene rings is 1. The Morgan fingerprint density at radius 3 is 2.84 bits per heavy atom. The van der Waals surface area contributed by atoms with Gasteiger partial charge in [0, 0.05) is 29.2 Å². The molecule has 1 unspecified atom stereocenters. The van der Waals surface area contributed by atoms with Gasteiger partial charge in [-0.25, -0.2) is 9.18 Å². The molecule has 1 heterocycles. The molecule has 2 rings (SSSR count). The first kappa shape index (κ1) is 13.5. The number of carbonyl (C=O) groups is 1. The minimum Gasteiger partial charge on any atom is -0.465 e. The molecule has 5 heteroatoms. The van der Waals surface area contributed by atoms with Gasteiger partial charge in [-0.2, -0.15) is 0 Å². The van der Waals surface area contributed by atoms with Crippen LogP contribution in [0.2, 0.25) is 0 Å². The van der Waals surface area contributed by atoms with Gasteiger partial charge in [-0.15, -0.1) is 0 Å². The number of nitrogens with zero attached hydrogens (tertiary/aromatic N) is 1. The van der Waals surface area contributed by atoms with Crippen LogP contribution in [0.25, 0.3) is 10.9 Å². The van der Waals surface area contributed by atoms with Crippen LogP contribution in [0.15, 0.2) is 24.4 Å². The van der Waals surface area contributed by atoms with Crippen LogP contribution in [0, 0.1) is 5.82 Å². The molecular weight excluding hydrogens is 247 g/mol. The molecule has 0 aliphatic heterocycles. The van der Waals surface area contributed by atoms with Crippen LogP contribution >= 0.6 is 0 Å². The summed E-state index contributed by atoms with van der Waals surface area (Å²) in [6, 6.07) is 3.59. The van der Waals surface area contributed by atoms with E-state index in [1.165, 1.54) is 12.1 Å². The zero-order valence-electron chi connectivity index (χ0n) is 11.0. The second-order valence-corrected chi connectivity index (χ2v) is 4.26. The van der Waals surface area contributed by atoms with Gasteiger partial charge >= 0.3 is 5.97 Å². The summed E-state index contributed by atoms with van der Waals surface area (Å²) in [6.07, 6.45) is 1.78. The minimum absolute atomic E-state index is 0.271. The van der Waals surface area contributed by atoms with Crippen molar-refractivity contribution in [1.82, 2.24) is 4.57 Å². The van der Waals surface area contributed by atoms with Gasteiger partial charge < -0.3 is 15.0 Å². The minimum atomic E-state index is -0.892. The average molecular weight is 264 g/mol. The lowest BCUT2D eigenvalue weighted by molar-refractivity contribution is -0.144. The molecule has 102 valence electrons. The van der Waals surface area contributed by atoms with Crippen molar-refractivity contribution in [2.45, 2.75) is 26.4 Å². The van der Waals surface area contributed by atoms with Crippen molar-refractivity contribution in [2.75, 3.05) is 6.61 Å². The first-order valence-electron chi connectivity index (χ1n) is 6.29. The van der Waals surface area contributed by atoms with Crippen LogP contribution in [0.5, 0.6) is 0 Å². The molecule has 2 N–H and O–H groups in total. The van der Waals surface area contributed by atoms with Gasteiger partial charge in [0.25, 0.3) is 0 Å². The molecule has 0 saturated carbocycles. The topological polar surface area (TPSA) is 57.2 Å². The van der Waals surface area contributed by atoms with E-state index in [9.17, 15) is 9.18 Å². The Morgan fingerprint density at radius 1 is 1.47 bits per heavy atom. The van der Waals surface area contributed by atoms with E-state index in [2.05, 4.69) is 0 Å². The lowest BCUT2D eigenvalue weighted by atomic mass is 10.1. The van der Waals surface area contributed by atoms with Gasteiger partial charge in [0.05, 0.1) is 6.61 Å². The van der Waals surface area contributed by atoms with Crippen LogP contribution in [-0.2, 0) is 16.1 Å². The van der Waals surface area contributed by atoms with Gasteiger partial charge in [-0.1, -0.05) is 0 Å². The summed E-state index contributed by atoms with van der Waals surface area (Å²) in [6.45, 7) is 4.69. The quantitative estimate of drug-likeness (QED) is 0.862. The van der Waals surface area contributed by atoms with Gasteiger partial charge in [0.1, 0.15) is 11.9 Å². The van der Waals surface area contributed by atoms with E-state index in [4.69, 9.17) is 10.5 Å². The summed E-state index contributed by atoms with van der Waals surface area (Å²) < 4.78 is 20.2. The number of carbonyl (C=O) groups excluding carboxylic acids is 1. The van der Waals surface area contributed by atoms with Crippen molar-refractivity contribution >= 4 is 16.9 Å². The molecule has 1 aromatic heterocycles. The van der Waals surface area contributed by atoms with E-state index < -0.39 is 12.0 Å². The van der Waals surface area contributed by atoms with Crippen molar-refractivity contribution in [3.8, 4) is 0 Å². The highest BCUT2D eigenvalue weighted by molar-refractivity contribution is 5.90. The highest BCUT2D eigenvalue weighted by Crippen LogP contribution is 2.27. The smallest absolute Gasteiger partial charge is 0.327 e. The second-order valence-electron chi connectivity index (χ2n) is 4.26. The Balaban J connectivity index is 2.53. The molecule has 0 bridgehead atoms. The number of aryl methyl sites for hydroxylation is 1. The zero-order valence-corrected chi connectivity index (χ0v) is 11.0. The number of nitrogens with two attached hydrogens (primary N) is 1. The van der Waals surface area contributed by atoms with E-state index in [0.717, 1.165) is 12.1 Å². The Hall–Kier alpha value is -1.88. The number of fused-ring (bicyclic) bond motifs is 1. The average Bonchev–Trinajstić information content (AvgIpc) is 2.76. The fourth-order valence-corrected chi connectivity index (χ4v) is 2.17. The number of ether oxygens (including phenoxy) is 1. The molecular formula is C14H17FN2O2. The van der Waals surface area contributed by atoms with Gasteiger partial charge in [-0.05, 0) is 32.0 Å². The van der Waals surface area contributed by atoms with Crippen LogP contribution in [-0.4, -0.2) is 17.1 Å². The molecule has 0 fully saturated rings. The Morgan fingerprint density at radius 2 is 2.21 bits per heavy atom. The summed E-state index contributed by atoms with van der Waals surface area (Å²) in [7, 11) is 0. The summed E-state index contributed by atoms with van der Waals surface area (Å²) in [4.78, 5) is 11.7. The third kappa shape index (κ3) is 2.46. The van der Waals surface area contributed by atoms with Crippen molar-refractivity contribution < 1.29 is 13.9 Å². The molecule has 2 aromatic rings. The predicted octanol–water partition coefficient (Wildman–Crippen LogP) is 2.36. The molecule has 0 aliphatic rings. The zero-order chi connectivity index (χ0) is 14.0. The molecule has 0 amide bonds. The first-order chi connectivity index (χ1) is 9.08. The Kier molecular flexibility index (Phi) is 3.85. The van der Waals surface area contributed by atoms with Crippen LogP contribution in [0.4, 0.5) is 4.39 Å². The van der Waals surface area contributed by atoms with E-state index in [1.807, 2.05) is 11.5 Å². The second kappa shape index (κ2) is 5.40. The molecule has 0 aliphatic carbocycles. The third-order valence-corrected chi connectivity index (χ3v) is 3.09. The van der Waals surface area contributed by atoms with Gasteiger partial charge in [0.2, 0.25) is 0 Å². The fraction of sp³-hybridized carbons (Fsp3) is 0.357. The van der Waals surface area contributed by atoms with E-state index >= 15 is 0 Å². The number of halogens is 1. The standard InChI is InChI=1S/C14H17FN2O2/c1-3-17-8-11(13(16)14(18)19-4-2)10-7-9(15)5-6-12(10)17/h5-8,13H,3-4,16H2,1-2H3. The monoisotopic (exact) mass is 264 g/mol. The first-order valence-corrected chi connectivity index (χ1v) is 6.29. The summed E-state index contributed by atoms with van der Waals surface area (Å²) >= 11 is 0. The summed E-state index contributed by atoms with van der Waals surface area (Å²) in [5.41, 5.74) is 7.35. The van der Waals surface area contributed by atoms with Gasteiger partial charge in [-0.3, -0.25) is 0 Å². The lowest BCUT2D eigenvalue weighted by Crippen LogP contribution is -2.23. The van der Waals surface area contributed by atoms with Crippen LogP contribution in [0.1, 0.15) is 25.5 Å². The maximum atomic E-state index is 13.4. The molecule has 4 nitrogen and oxygen atoms in total. The molecule has 1 atom stereocenters. The van der Waals surface area contributed by atoms with E-state index in [1.54, 1.807) is 19.2 Å². The summed E-state index contributed by atoms with van der Waals surface area (Å²) in [5, 5.41) is 0.655. The maximum Gasteiger partial charge on any atom is 0.327 e. The Labute approximate surface area is 111 Å². The molecule has 19 heavy (non-hydrogen) atoms. The number of aromatic nitrogens is 1. The molecule has 0 radical (unpaired) electrons. The maximum absolute atomic E-state index is 13.4. The van der Waals surface area contributed by atoms with Crippen molar-refractivity contribution in [3.63, 3.8) is 0 Å². The highest BCUT2D eigenvalue weighted by Gasteiger charge is 2.22. The third-order valence-electron chi connectivity index (χ3n) is 3.09. The highest BCUT2D eigenvalue weighted by atomic mass is 19.1. The number of rotatable bonds is 4. The van der Waals surface area contributed by atoms with E-state index in [-0.39, 0.29) is 12.4 Å². The lowest BCUT2D eigenvalue weighted by Gasteiger charge is -2.09. The van der Waals surface area contributed by atoms with Crippen molar-refractivity contribution in [1.29, 1.82) is 0 Å². The van der Waals surface area contributed by atoms with Gasteiger partial charge in [0.15, 0.2) is 0 Å². The van der Waals surface area contributed by atoms with Crippen molar-refractivity contribution in [3.05, 3.63) is 35.8 Å². The number of hydrogen-bond donors (Lipinski definition) is 1. The summed E-state index contributed by atoms with van der Waals surface area (Å²) in [5.74, 6) is -0.847. The predicted molar refractivity (Wildman–Crippen MR) is 71.1 cm³/mol. The normalized spacial score (nSPS) is 12.6. The van der Waals surface area contributed by atoms with Crippen LogP contribution < -0.4 is 5.73 Å². The van der Waals surface area contributed by atoms with Crippen LogP contribution in [0.3, 0.4) is 0 Å². The fourth-order valence-electron chi connectivity index (χ4n) is 2.17. The molecule has 0 saturated heterocycles. The number of hydrogen-bond acceptors (Lipinski definition) is 3. The Bertz CT molecular complexity index is 607. The van der Waals surface area contributed by atoms with Crippen molar-refractivity contribution in [2.24, 2.45) is 5.73 Å². The number of esters is 1. The van der Waals surface area contributed by atoms with E-state index in [0.29, 0.717) is 10.9 Å². The molecule has 0 spiro atoms. The molecule has 1 aromatic carbocycles.